The number of hydrogen-bond donors (Lipinski definition) is 2. The maximum Gasteiger partial charge on any atom is 0.275 e. The monoisotopic (exact) mass is 814 g/mol. The number of piperazine rings is 1. The Hall–Kier alpha value is -6.39. The molecule has 3 amide bonds. The molecule has 1 aliphatic carbocycles. The van der Waals surface area contributed by atoms with Crippen molar-refractivity contribution < 1.29 is 19.1 Å². The fourth-order valence-corrected chi connectivity index (χ4v) is 9.36. The Bertz CT molecular complexity index is 2560. The van der Waals surface area contributed by atoms with E-state index in [4.69, 9.17) is 14.7 Å². The van der Waals surface area contributed by atoms with E-state index in [-0.39, 0.29) is 36.3 Å². The third-order valence-electron chi connectivity index (χ3n) is 12.6. The number of amides is 3. The quantitative estimate of drug-likeness (QED) is 0.191. The molecule has 60 heavy (non-hydrogen) atoms. The fraction of sp³-hybridized carbons (Fsp3) is 0.465. The highest BCUT2D eigenvalue weighted by Gasteiger charge is 2.37. The van der Waals surface area contributed by atoms with Crippen molar-refractivity contribution in [2.45, 2.75) is 84.2 Å². The van der Waals surface area contributed by atoms with Crippen LogP contribution in [0.5, 0.6) is 5.75 Å². The van der Waals surface area contributed by atoms with Gasteiger partial charge in [-0.2, -0.15) is 10.1 Å². The van der Waals surface area contributed by atoms with E-state index in [2.05, 4.69) is 47.2 Å². The van der Waals surface area contributed by atoms with Crippen molar-refractivity contribution in [2.75, 3.05) is 55.0 Å². The highest BCUT2D eigenvalue weighted by atomic mass is 16.5. The Balaban J connectivity index is 0.893. The van der Waals surface area contributed by atoms with Crippen molar-refractivity contribution in [2.24, 2.45) is 5.92 Å². The van der Waals surface area contributed by atoms with Crippen molar-refractivity contribution >= 4 is 51.6 Å². The number of ether oxygens (including phenoxy) is 1. The smallest absolute Gasteiger partial charge is 0.275 e. The third kappa shape index (κ3) is 7.08. The average Bonchev–Trinajstić information content (AvgIpc) is 3.66. The van der Waals surface area contributed by atoms with Crippen LogP contribution in [0.1, 0.15) is 98.1 Å². The number of nitrogens with zero attached hydrogens (tertiary/aromatic N) is 10. The first kappa shape index (κ1) is 39.1. The molecule has 3 aromatic heterocycles. The van der Waals surface area contributed by atoms with Gasteiger partial charge >= 0.3 is 0 Å². The van der Waals surface area contributed by atoms with Gasteiger partial charge in [0.1, 0.15) is 23.3 Å². The van der Waals surface area contributed by atoms with E-state index in [1.54, 1.807) is 25.3 Å². The number of carbonyl (C=O) groups is 3. The molecule has 9 rings (SSSR count). The Morgan fingerprint density at radius 3 is 2.50 bits per heavy atom. The molecule has 5 aromatic rings. The first-order valence-electron chi connectivity index (χ1n) is 21.0. The van der Waals surface area contributed by atoms with E-state index < -0.39 is 11.9 Å². The summed E-state index contributed by atoms with van der Waals surface area (Å²) in [6.07, 6.45) is 9.34. The lowest BCUT2D eigenvalue weighted by atomic mass is 9.88. The molecule has 3 fully saturated rings. The second kappa shape index (κ2) is 16.0. The molecule has 3 aliphatic heterocycles. The lowest BCUT2D eigenvalue weighted by molar-refractivity contribution is -0.136. The SMILES string of the molecule is CC[C@@H]1c2nnc(C)n2-c2cnc(Nc3ccc(C(=O)N4CCN(c5ccc6c(=O)n(C7CCC(=O)NC7=O)nc(C)c6c5)CC4)cc3OC)nc2N1CC1CCCCC1. The van der Waals surface area contributed by atoms with Crippen LogP contribution in [0.25, 0.3) is 16.5 Å². The summed E-state index contributed by atoms with van der Waals surface area (Å²) < 4.78 is 9.08. The van der Waals surface area contributed by atoms with E-state index in [1.807, 2.05) is 43.1 Å². The van der Waals surface area contributed by atoms with Crippen LogP contribution in [0, 0.1) is 19.8 Å². The standard InChI is InChI=1S/C43H50N12O5/c1-5-33-39-49-48-26(3)54(39)35-23-44-43(47-38(35)53(33)24-27-9-7-6-8-10-27)45-32-14-11-28(21-36(32)60-4)41(58)52-19-17-51(18-20-52)29-12-13-30-31(22-29)25(2)50-55(42(30)59)34-15-16-37(56)46-40(34)57/h11-14,21-23,27,33-34H,5-10,15-20,24H2,1-4H3,(H,44,45,47)(H,46,56,57)/t33-,34?/m1/s1. The second-order valence-corrected chi connectivity index (χ2v) is 16.3. The van der Waals surface area contributed by atoms with Crippen molar-refractivity contribution in [1.82, 2.24) is 44.7 Å². The third-order valence-corrected chi connectivity index (χ3v) is 12.6. The summed E-state index contributed by atoms with van der Waals surface area (Å²) in [4.78, 5) is 67.7. The fourth-order valence-electron chi connectivity index (χ4n) is 9.36. The molecule has 0 spiro atoms. The van der Waals surface area contributed by atoms with Gasteiger partial charge in [0.15, 0.2) is 11.6 Å². The predicted molar refractivity (Wildman–Crippen MR) is 225 cm³/mol. The summed E-state index contributed by atoms with van der Waals surface area (Å²) in [5.41, 5.74) is 3.18. The molecular weight excluding hydrogens is 765 g/mol. The number of aryl methyl sites for hydroxylation is 2. The molecule has 0 bridgehead atoms. The number of methoxy groups -OCH3 is 1. The van der Waals surface area contributed by atoms with E-state index >= 15 is 0 Å². The van der Waals surface area contributed by atoms with Gasteiger partial charge in [-0.1, -0.05) is 26.2 Å². The number of rotatable bonds is 9. The molecule has 1 saturated carbocycles. The van der Waals surface area contributed by atoms with Crippen LogP contribution < -0.4 is 30.7 Å². The van der Waals surface area contributed by atoms with Gasteiger partial charge in [0.05, 0.1) is 36.1 Å². The van der Waals surface area contributed by atoms with Gasteiger partial charge in [-0.3, -0.25) is 29.1 Å². The van der Waals surface area contributed by atoms with Crippen LogP contribution >= 0.6 is 0 Å². The zero-order chi connectivity index (χ0) is 41.7. The first-order valence-corrected chi connectivity index (χ1v) is 21.0. The Kier molecular flexibility index (Phi) is 10.4. The summed E-state index contributed by atoms with van der Waals surface area (Å²) in [6, 6.07) is 10.2. The molecule has 1 unspecified atom stereocenters. The summed E-state index contributed by atoms with van der Waals surface area (Å²) >= 11 is 0. The van der Waals surface area contributed by atoms with E-state index in [1.165, 1.54) is 36.8 Å². The van der Waals surface area contributed by atoms with Gasteiger partial charge in [-0.25, -0.2) is 9.67 Å². The number of fused-ring (bicyclic) bond motifs is 4. The van der Waals surface area contributed by atoms with Gasteiger partial charge in [-0.15, -0.1) is 10.2 Å². The van der Waals surface area contributed by atoms with Gasteiger partial charge in [0, 0.05) is 55.8 Å². The number of benzene rings is 2. The minimum atomic E-state index is -0.829. The summed E-state index contributed by atoms with van der Waals surface area (Å²) in [6.45, 7) is 9.04. The minimum Gasteiger partial charge on any atom is -0.495 e. The van der Waals surface area contributed by atoms with Crippen molar-refractivity contribution in [3.05, 3.63) is 75.9 Å². The number of anilines is 4. The number of hydrogen-bond acceptors (Lipinski definition) is 13. The molecule has 2 saturated heterocycles. The zero-order valence-corrected chi connectivity index (χ0v) is 34.5. The van der Waals surface area contributed by atoms with E-state index in [0.29, 0.717) is 71.5 Å². The van der Waals surface area contributed by atoms with Gasteiger partial charge in [0.25, 0.3) is 17.4 Å². The van der Waals surface area contributed by atoms with Crippen LogP contribution in [-0.4, -0.2) is 97.0 Å². The molecule has 6 heterocycles. The van der Waals surface area contributed by atoms with Crippen LogP contribution in [0.4, 0.5) is 23.1 Å². The molecule has 2 aromatic carbocycles. The van der Waals surface area contributed by atoms with Crippen molar-refractivity contribution in [3.63, 3.8) is 0 Å². The molecule has 312 valence electrons. The molecule has 2 atom stereocenters. The molecule has 17 nitrogen and oxygen atoms in total. The lowest BCUT2D eigenvalue weighted by Crippen LogP contribution is -2.48. The van der Waals surface area contributed by atoms with Crippen LogP contribution in [0.2, 0.25) is 0 Å². The van der Waals surface area contributed by atoms with Gasteiger partial charge in [-0.05, 0) is 81.8 Å². The Morgan fingerprint density at radius 1 is 0.950 bits per heavy atom. The van der Waals surface area contributed by atoms with E-state index in [9.17, 15) is 19.2 Å². The largest absolute Gasteiger partial charge is 0.495 e. The average molecular weight is 815 g/mol. The molecule has 2 N–H and O–H groups in total. The van der Waals surface area contributed by atoms with Crippen LogP contribution in [0.15, 0.2) is 47.4 Å². The predicted octanol–water partition coefficient (Wildman–Crippen LogP) is 4.93. The summed E-state index contributed by atoms with van der Waals surface area (Å²) in [5.74, 6) is 3.15. The maximum absolute atomic E-state index is 13.9. The Morgan fingerprint density at radius 2 is 1.75 bits per heavy atom. The zero-order valence-electron chi connectivity index (χ0n) is 34.5. The lowest BCUT2D eigenvalue weighted by Gasteiger charge is -2.39. The molecule has 17 heteroatoms. The number of nitrogens with one attached hydrogen (secondary N) is 2. The number of piperidine rings is 1. The van der Waals surface area contributed by atoms with Gasteiger partial charge < -0.3 is 24.8 Å². The molecule has 4 aliphatic rings. The topological polar surface area (TPSA) is 186 Å². The Labute approximate surface area is 347 Å². The van der Waals surface area contributed by atoms with Crippen LogP contribution in [-0.2, 0) is 9.59 Å². The van der Waals surface area contributed by atoms with Gasteiger partial charge in [0.2, 0.25) is 11.9 Å². The molecular formula is C43H50N12O5. The number of carbonyl (C=O) groups excluding carboxylic acids is 3. The van der Waals surface area contributed by atoms with Crippen molar-refractivity contribution in [1.29, 1.82) is 0 Å². The normalized spacial score (nSPS) is 19.6. The molecule has 0 radical (unpaired) electrons. The highest BCUT2D eigenvalue weighted by Crippen LogP contribution is 2.41. The second-order valence-electron chi connectivity index (χ2n) is 16.3. The highest BCUT2D eigenvalue weighted by molar-refractivity contribution is 5.99. The summed E-state index contributed by atoms with van der Waals surface area (Å²) in [5, 5.41) is 20.3. The van der Waals surface area contributed by atoms with Crippen LogP contribution in [0.3, 0.4) is 0 Å². The maximum atomic E-state index is 13.9. The number of imide groups is 1. The first-order chi connectivity index (χ1) is 29.1. The van der Waals surface area contributed by atoms with Crippen molar-refractivity contribution in [3.8, 4) is 11.4 Å². The number of aromatic nitrogens is 7. The summed E-state index contributed by atoms with van der Waals surface area (Å²) in [7, 11) is 1.58. The minimum absolute atomic E-state index is 0.0485. The van der Waals surface area contributed by atoms with E-state index in [0.717, 1.165) is 41.8 Å².